The number of aliphatic hydroxyl groups is 5. The van der Waals surface area contributed by atoms with Crippen molar-refractivity contribution < 1.29 is 44.6 Å². The average molecular weight is 1110 g/mol. The second-order valence-electron chi connectivity index (χ2n) is 21.3. The molecule has 6 heterocycles. The first-order valence-corrected chi connectivity index (χ1v) is 28.6. The molecule has 0 radical (unpaired) electrons. The van der Waals surface area contributed by atoms with Crippen LogP contribution in [0.25, 0.3) is 41.6 Å². The maximum Gasteiger partial charge on any atom is 0.249 e. The maximum atomic E-state index is 13.8. The van der Waals surface area contributed by atoms with Crippen LogP contribution < -0.4 is 36.6 Å². The van der Waals surface area contributed by atoms with Crippen molar-refractivity contribution in [2.24, 2.45) is 23.7 Å². The van der Waals surface area contributed by atoms with E-state index in [1.54, 1.807) is 25.4 Å². The highest BCUT2D eigenvalue weighted by Gasteiger charge is 2.51. The summed E-state index contributed by atoms with van der Waals surface area (Å²) in [7, 11) is 0. The minimum atomic E-state index is -1.59. The number of nitrogens with zero attached hydrogens (tertiary/aromatic N) is 8. The lowest BCUT2D eigenvalue weighted by Gasteiger charge is -2.26. The van der Waals surface area contributed by atoms with E-state index in [9.17, 15) is 35.1 Å². The summed E-state index contributed by atoms with van der Waals surface area (Å²) in [6.45, 7) is 14.9. The summed E-state index contributed by atoms with van der Waals surface area (Å²) in [6.07, 6.45) is -0.893. The van der Waals surface area contributed by atoms with Crippen LogP contribution in [0.3, 0.4) is 0 Å². The van der Waals surface area contributed by atoms with Gasteiger partial charge in [-0.25, -0.2) is 24.9 Å². The number of carbonyl (C=O) groups excluding carboxylic acids is 2. The predicted octanol–water partition coefficient (Wildman–Crippen LogP) is 4.10. The normalized spacial score (nSPS) is 24.7. The van der Waals surface area contributed by atoms with Gasteiger partial charge < -0.3 is 66.9 Å². The zero-order valence-corrected chi connectivity index (χ0v) is 46.4. The molecule has 10 rings (SSSR count). The number of aryl methyl sites for hydroxylation is 3. The summed E-state index contributed by atoms with van der Waals surface area (Å²) >= 11 is 2.76. The Bertz CT molecular complexity index is 3140. The summed E-state index contributed by atoms with van der Waals surface area (Å²) in [4.78, 5) is 65.2. The van der Waals surface area contributed by atoms with Crippen LogP contribution in [0.1, 0.15) is 83.3 Å². The van der Waals surface area contributed by atoms with Crippen molar-refractivity contribution in [1.29, 1.82) is 0 Å². The lowest BCUT2D eigenvalue weighted by molar-refractivity contribution is -0.135. The molecule has 12 atom stereocenters. The summed E-state index contributed by atoms with van der Waals surface area (Å²) in [5.41, 5.74) is 4.10. The molecule has 0 saturated heterocycles. The number of pyridine rings is 2. The first-order valence-electron chi connectivity index (χ1n) is 27.0. The van der Waals surface area contributed by atoms with Gasteiger partial charge in [0.25, 0.3) is 0 Å². The first-order chi connectivity index (χ1) is 37.5. The van der Waals surface area contributed by atoms with Crippen LogP contribution in [-0.4, -0.2) is 164 Å². The van der Waals surface area contributed by atoms with Gasteiger partial charge in [0.15, 0.2) is 0 Å². The smallest absolute Gasteiger partial charge is 0.249 e. The predicted molar refractivity (Wildman–Crippen MR) is 296 cm³/mol. The fourth-order valence-corrected chi connectivity index (χ4v) is 12.7. The summed E-state index contributed by atoms with van der Waals surface area (Å²) < 4.78 is 14.0. The molecule has 4 saturated carbocycles. The van der Waals surface area contributed by atoms with Crippen LogP contribution in [0.4, 0.5) is 23.5 Å². The van der Waals surface area contributed by atoms with Crippen molar-refractivity contribution in [3.63, 3.8) is 0 Å². The highest BCUT2D eigenvalue weighted by atomic mass is 32.1. The number of ether oxygens (including phenoxy) is 2. The second kappa shape index (κ2) is 23.3. The fraction of sp³-hybridized carbons (Fsp3) is 0.585. The van der Waals surface area contributed by atoms with Gasteiger partial charge in [-0.3, -0.25) is 14.6 Å². The second-order valence-corrected chi connectivity index (χ2v) is 23.3. The number of fused-ring (bicyclic) bond motifs is 2. The average Bonchev–Trinajstić information content (AvgIpc) is 4.39. The number of likely N-dealkylation sites (N-methyl/N-ethyl adjacent to an activating group) is 1. The van der Waals surface area contributed by atoms with E-state index in [1.807, 2.05) is 40.7 Å². The van der Waals surface area contributed by atoms with Crippen LogP contribution in [0.15, 0.2) is 24.5 Å². The van der Waals surface area contributed by atoms with Crippen molar-refractivity contribution in [2.75, 3.05) is 47.6 Å². The quantitative estimate of drug-likeness (QED) is 0.0430. The Balaban J connectivity index is 0.988. The molecule has 23 nitrogen and oxygen atoms in total. The van der Waals surface area contributed by atoms with Gasteiger partial charge in [-0.15, -0.1) is 22.7 Å². The third kappa shape index (κ3) is 11.8. The number of thiazole rings is 2. The number of carbonyl (C=O) groups is 2. The maximum absolute atomic E-state index is 13.8. The van der Waals surface area contributed by atoms with E-state index in [1.165, 1.54) is 22.7 Å². The molecule has 4 fully saturated rings. The Hall–Kier alpha value is -6.06. The molecule has 4 aliphatic rings. The van der Waals surface area contributed by atoms with E-state index >= 15 is 0 Å². The topological polar surface area (TPSA) is 329 Å². The van der Waals surface area contributed by atoms with Crippen molar-refractivity contribution in [3.05, 3.63) is 41.6 Å². The van der Waals surface area contributed by atoms with Crippen LogP contribution >= 0.6 is 22.7 Å². The number of aliphatic hydroxyl groups excluding tert-OH is 5. The zero-order chi connectivity index (χ0) is 55.1. The molecular weight excluding hydrogens is 1040 g/mol. The van der Waals surface area contributed by atoms with Gasteiger partial charge in [0.2, 0.25) is 29.6 Å². The third-order valence-electron chi connectivity index (χ3n) is 15.3. The largest absolute Gasteiger partial charge is 0.470 e. The van der Waals surface area contributed by atoms with Crippen molar-refractivity contribution >= 4 is 78.5 Å². The van der Waals surface area contributed by atoms with Gasteiger partial charge in [-0.1, -0.05) is 0 Å². The molecule has 418 valence electrons. The van der Waals surface area contributed by atoms with E-state index < -0.39 is 72.4 Å². The lowest BCUT2D eigenvalue weighted by Crippen LogP contribution is -2.46. The molecule has 25 heteroatoms. The number of anilines is 4. The number of hydrogen-bond donors (Lipinski definition) is 11. The highest BCUT2D eigenvalue weighted by molar-refractivity contribution is 7.22. The summed E-state index contributed by atoms with van der Waals surface area (Å²) in [5, 5.41) is 78.2. The third-order valence-corrected chi connectivity index (χ3v) is 17.4. The molecule has 2 amide bonds. The first kappa shape index (κ1) is 55.3. The molecule has 11 N–H and O–H groups in total. The Morgan fingerprint density at radius 2 is 1.27 bits per heavy atom. The lowest BCUT2D eigenvalue weighted by atomic mass is 9.97. The van der Waals surface area contributed by atoms with Gasteiger partial charge in [0.05, 0.1) is 62.4 Å². The van der Waals surface area contributed by atoms with Gasteiger partial charge in [-0.2, -0.15) is 9.97 Å². The summed E-state index contributed by atoms with van der Waals surface area (Å²) in [5.74, 6) is -0.928. The van der Waals surface area contributed by atoms with Gasteiger partial charge in [-0.05, 0) is 111 Å². The highest BCUT2D eigenvalue weighted by Crippen LogP contribution is 2.44. The molecule has 6 aromatic rings. The molecule has 2 unspecified atom stereocenters. The fourth-order valence-electron chi connectivity index (χ4n) is 10.6. The van der Waals surface area contributed by atoms with E-state index in [2.05, 4.69) is 48.8 Å². The number of amides is 2. The van der Waals surface area contributed by atoms with Crippen LogP contribution in [0, 0.1) is 44.4 Å². The minimum Gasteiger partial charge on any atom is -0.470 e. The number of aromatic nitrogens is 8. The van der Waals surface area contributed by atoms with Gasteiger partial charge in [0, 0.05) is 56.0 Å². The monoisotopic (exact) mass is 1110 g/mol. The molecule has 78 heavy (non-hydrogen) atoms. The molecule has 0 spiro atoms. The molecule has 0 bridgehead atoms. The molecular formula is C53H70N14O9S2. The van der Waals surface area contributed by atoms with E-state index in [4.69, 9.17) is 39.4 Å². The SMILES string of the molecule is CCNC(=O)C(O)[C@H]1C[C@@H](Nc2nc(N[C@H](C)C3CC3)nc(C)c2-c2nc3c(O[C@H]4[C@@H](O)[C@H](Nc5nc(N[C@H](C)COCC)nc(C)c5-c5nc6c(C)nccc6s5)C[C@@H]4C(O)C(=O)NCC4CC4)nccc3s2)[C@H](O)[C@@H]1O. The number of rotatable bonds is 23. The van der Waals surface area contributed by atoms with Gasteiger partial charge >= 0.3 is 0 Å². The Morgan fingerprint density at radius 1 is 0.692 bits per heavy atom. The van der Waals surface area contributed by atoms with Crippen LogP contribution in [0.2, 0.25) is 0 Å². The van der Waals surface area contributed by atoms with Crippen molar-refractivity contribution in [2.45, 2.75) is 148 Å². The van der Waals surface area contributed by atoms with Crippen LogP contribution in [0.5, 0.6) is 5.88 Å². The molecule has 0 aromatic carbocycles. The zero-order valence-electron chi connectivity index (χ0n) is 44.7. The van der Waals surface area contributed by atoms with Crippen molar-refractivity contribution in [3.8, 4) is 27.0 Å². The number of hydrogen-bond acceptors (Lipinski definition) is 23. The molecule has 6 aromatic heterocycles. The van der Waals surface area contributed by atoms with E-state index in [-0.39, 0.29) is 37.4 Å². The Labute approximate surface area is 459 Å². The number of nitrogens with one attached hydrogen (secondary N) is 6. The molecule has 0 aliphatic heterocycles. The molecule has 4 aliphatic carbocycles. The van der Waals surface area contributed by atoms with Crippen LogP contribution in [-0.2, 0) is 14.3 Å². The van der Waals surface area contributed by atoms with Crippen molar-refractivity contribution in [1.82, 2.24) is 50.5 Å². The Kier molecular flexibility index (Phi) is 16.5. The van der Waals surface area contributed by atoms with E-state index in [0.29, 0.717) is 97.9 Å². The standard InChI is InChI=1S/C53H70N14O9S2/c1-8-54-47(73)40(69)29-18-31(42(71)39(29)68)62-45-36(25(6)61-53(67-45)59-23(4)28-12-13-28)51-65-38-34(78-51)15-17-56-49(38)76-44-30(41(70)48(74)57-20-27-10-11-27)19-32(43(44)72)63-46-35(50-64-37-26(7)55-16-14-33(37)77-50)24(5)60-52(66-46)58-22(3)21-75-9-2/h14-17,22-23,27-32,39-44,68-72H,8-13,18-21H2,1-7H3,(H,54,73)(H,57,74)(H2,58,60,63,66)(H2,59,61,62,67)/t22-,23-,29+,30-,31-,32-,39-,40?,41?,42+,43+,44-/m1/s1. The minimum absolute atomic E-state index is 0.0422. The summed E-state index contributed by atoms with van der Waals surface area (Å²) in [6, 6.07) is 1.95. The van der Waals surface area contributed by atoms with Gasteiger partial charge in [0.1, 0.15) is 63.2 Å². The van der Waals surface area contributed by atoms with E-state index in [0.717, 1.165) is 41.6 Å². The Morgan fingerprint density at radius 3 is 1.88 bits per heavy atom.